The second-order valence-corrected chi connectivity index (χ2v) is 5.89. The van der Waals surface area contributed by atoms with Gasteiger partial charge in [0.2, 0.25) is 0 Å². The Bertz CT molecular complexity index is 667. The summed E-state index contributed by atoms with van der Waals surface area (Å²) >= 11 is 13.4. The van der Waals surface area contributed by atoms with E-state index in [0.717, 1.165) is 10.6 Å². The first-order valence-electron chi connectivity index (χ1n) is 6.31. The predicted molar refractivity (Wildman–Crippen MR) is 87.8 cm³/mol. The summed E-state index contributed by atoms with van der Waals surface area (Å²) in [6.45, 7) is 2.16. The van der Waals surface area contributed by atoms with Crippen LogP contribution in [0.2, 0.25) is 10.0 Å². The lowest BCUT2D eigenvalue weighted by Crippen LogP contribution is -2.07. The Morgan fingerprint density at radius 1 is 1.38 bits per heavy atom. The molecule has 3 nitrogen and oxygen atoms in total. The monoisotopic (exact) mass is 341 g/mol. The van der Waals surface area contributed by atoms with Crippen LogP contribution in [0.4, 0.5) is 0 Å². The third-order valence-corrected chi connectivity index (χ3v) is 3.99. The van der Waals surface area contributed by atoms with Crippen LogP contribution in [0, 0.1) is 0 Å². The van der Waals surface area contributed by atoms with Crippen LogP contribution in [0.3, 0.4) is 0 Å². The molecule has 21 heavy (non-hydrogen) atoms. The smallest absolute Gasteiger partial charge is 0.311 e. The van der Waals surface area contributed by atoms with Crippen LogP contribution in [0.1, 0.15) is 23.2 Å². The van der Waals surface area contributed by atoms with Crippen molar-refractivity contribution >= 4 is 52.7 Å². The molecule has 2 aromatic rings. The van der Waals surface area contributed by atoms with E-state index in [1.165, 1.54) is 11.3 Å². The van der Waals surface area contributed by atoms with Crippen molar-refractivity contribution in [2.45, 2.75) is 13.3 Å². The third kappa shape index (κ3) is 4.84. The Morgan fingerprint density at radius 3 is 2.90 bits per heavy atom. The van der Waals surface area contributed by atoms with Crippen LogP contribution in [0.5, 0.6) is 0 Å². The van der Waals surface area contributed by atoms with Gasteiger partial charge in [-0.05, 0) is 30.7 Å². The van der Waals surface area contributed by atoms with Gasteiger partial charge < -0.3 is 4.74 Å². The maximum Gasteiger partial charge on any atom is 0.311 e. The number of benzene rings is 1. The van der Waals surface area contributed by atoms with Crippen LogP contribution < -0.4 is 0 Å². The molecule has 1 aromatic heterocycles. The molecular weight excluding hydrogens is 329 g/mol. The number of halogens is 2. The number of esters is 1. The minimum absolute atomic E-state index is 0.194. The molecule has 0 saturated carbocycles. The highest BCUT2D eigenvalue weighted by Crippen LogP contribution is 2.23. The molecule has 0 unspecified atom stereocenters. The number of ether oxygens (including phenoxy) is 1. The van der Waals surface area contributed by atoms with Crippen LogP contribution in [-0.4, -0.2) is 17.6 Å². The first-order valence-corrected chi connectivity index (χ1v) is 7.95. The van der Waals surface area contributed by atoms with Crippen LogP contribution in [0.25, 0.3) is 12.2 Å². The van der Waals surface area contributed by atoms with E-state index in [-0.39, 0.29) is 12.4 Å². The summed E-state index contributed by atoms with van der Waals surface area (Å²) in [6.07, 6.45) is 3.92. The number of carbonyl (C=O) groups excluding carboxylic acids is 1. The van der Waals surface area contributed by atoms with Gasteiger partial charge in [0.1, 0.15) is 5.01 Å². The number of thiazole rings is 1. The van der Waals surface area contributed by atoms with Crippen LogP contribution in [0.15, 0.2) is 23.6 Å². The summed E-state index contributed by atoms with van der Waals surface area (Å²) < 4.78 is 4.89. The molecule has 0 fully saturated rings. The molecular formula is C15H13Cl2NO2S. The standard InChI is InChI=1S/C15H13Cl2NO2S/c1-2-20-15(19)8-12-9-21-14(18-12)6-4-10-3-5-11(16)7-13(10)17/h3-7,9H,2,8H2,1H3. The fourth-order valence-electron chi connectivity index (χ4n) is 1.64. The SMILES string of the molecule is CCOC(=O)Cc1csc(C=Cc2ccc(Cl)cc2Cl)n1. The summed E-state index contributed by atoms with van der Waals surface area (Å²) in [5.74, 6) is -0.265. The van der Waals surface area contributed by atoms with E-state index < -0.39 is 0 Å². The van der Waals surface area contributed by atoms with Crippen molar-refractivity contribution in [1.82, 2.24) is 4.98 Å². The Morgan fingerprint density at radius 2 is 2.19 bits per heavy atom. The minimum Gasteiger partial charge on any atom is -0.466 e. The van der Waals surface area contributed by atoms with E-state index in [1.807, 2.05) is 23.6 Å². The lowest BCUT2D eigenvalue weighted by molar-refractivity contribution is -0.142. The summed E-state index contributed by atoms with van der Waals surface area (Å²) in [5.41, 5.74) is 1.57. The lowest BCUT2D eigenvalue weighted by atomic mass is 10.2. The molecule has 0 aliphatic heterocycles. The molecule has 2 rings (SSSR count). The maximum absolute atomic E-state index is 11.4. The van der Waals surface area contributed by atoms with Crippen molar-refractivity contribution in [2.75, 3.05) is 6.61 Å². The summed E-state index contributed by atoms with van der Waals surface area (Å²) in [4.78, 5) is 15.7. The van der Waals surface area contributed by atoms with Gasteiger partial charge in [0.25, 0.3) is 0 Å². The van der Waals surface area contributed by atoms with Crippen LogP contribution in [-0.2, 0) is 16.0 Å². The topological polar surface area (TPSA) is 39.2 Å². The molecule has 0 aliphatic rings. The van der Waals surface area contributed by atoms with Gasteiger partial charge >= 0.3 is 5.97 Å². The van der Waals surface area contributed by atoms with Crippen LogP contribution >= 0.6 is 34.5 Å². The molecule has 110 valence electrons. The maximum atomic E-state index is 11.4. The molecule has 0 radical (unpaired) electrons. The second kappa shape index (κ2) is 7.59. The quantitative estimate of drug-likeness (QED) is 0.738. The fraction of sp³-hybridized carbons (Fsp3) is 0.200. The highest BCUT2D eigenvalue weighted by molar-refractivity contribution is 7.10. The summed E-state index contributed by atoms with van der Waals surface area (Å²) in [5, 5.41) is 3.84. The summed E-state index contributed by atoms with van der Waals surface area (Å²) in [7, 11) is 0. The number of hydrogen-bond acceptors (Lipinski definition) is 4. The van der Waals surface area contributed by atoms with Crippen molar-refractivity contribution in [2.24, 2.45) is 0 Å². The van der Waals surface area contributed by atoms with Gasteiger partial charge in [0, 0.05) is 15.4 Å². The van der Waals surface area contributed by atoms with E-state index in [1.54, 1.807) is 19.1 Å². The number of aromatic nitrogens is 1. The Kier molecular flexibility index (Phi) is 5.79. The average molecular weight is 342 g/mol. The molecule has 1 aromatic carbocycles. The van der Waals surface area contributed by atoms with E-state index in [9.17, 15) is 4.79 Å². The molecule has 0 bridgehead atoms. The normalized spacial score (nSPS) is 11.0. The molecule has 1 heterocycles. The van der Waals surface area contributed by atoms with Crippen molar-refractivity contribution < 1.29 is 9.53 Å². The molecule has 0 N–H and O–H groups in total. The highest BCUT2D eigenvalue weighted by atomic mass is 35.5. The van der Waals surface area contributed by atoms with Gasteiger partial charge in [-0.15, -0.1) is 11.3 Å². The average Bonchev–Trinajstić information content (AvgIpc) is 2.85. The van der Waals surface area contributed by atoms with Gasteiger partial charge in [-0.25, -0.2) is 4.98 Å². The Hall–Kier alpha value is -1.36. The second-order valence-electron chi connectivity index (χ2n) is 4.16. The van der Waals surface area contributed by atoms with Crippen molar-refractivity contribution in [3.8, 4) is 0 Å². The van der Waals surface area contributed by atoms with Gasteiger partial charge in [0.15, 0.2) is 0 Å². The van der Waals surface area contributed by atoms with Gasteiger partial charge in [-0.1, -0.05) is 35.3 Å². The third-order valence-electron chi connectivity index (χ3n) is 2.57. The molecule has 6 heteroatoms. The molecule has 0 aliphatic carbocycles. The first-order chi connectivity index (χ1) is 10.1. The zero-order valence-electron chi connectivity index (χ0n) is 11.3. The molecule has 0 saturated heterocycles. The zero-order chi connectivity index (χ0) is 15.2. The van der Waals surface area contributed by atoms with Crippen molar-refractivity contribution in [3.63, 3.8) is 0 Å². The zero-order valence-corrected chi connectivity index (χ0v) is 13.6. The Labute approximate surface area is 137 Å². The first kappa shape index (κ1) is 16.0. The van der Waals surface area contributed by atoms with Crippen molar-refractivity contribution in [3.05, 3.63) is 49.9 Å². The number of nitrogens with zero attached hydrogens (tertiary/aromatic N) is 1. The Balaban J connectivity index is 2.05. The highest BCUT2D eigenvalue weighted by Gasteiger charge is 2.07. The van der Waals surface area contributed by atoms with E-state index in [0.29, 0.717) is 22.3 Å². The predicted octanol–water partition coefficient (Wildman–Crippen LogP) is 4.73. The number of hydrogen-bond donors (Lipinski definition) is 0. The largest absolute Gasteiger partial charge is 0.466 e. The fourth-order valence-corrected chi connectivity index (χ4v) is 2.82. The number of carbonyl (C=O) groups is 1. The van der Waals surface area contributed by atoms with E-state index in [2.05, 4.69) is 4.98 Å². The van der Waals surface area contributed by atoms with E-state index in [4.69, 9.17) is 27.9 Å². The molecule has 0 atom stereocenters. The molecule has 0 amide bonds. The van der Waals surface area contributed by atoms with E-state index >= 15 is 0 Å². The van der Waals surface area contributed by atoms with Crippen molar-refractivity contribution in [1.29, 1.82) is 0 Å². The number of rotatable bonds is 5. The summed E-state index contributed by atoms with van der Waals surface area (Å²) in [6, 6.07) is 5.31. The van der Waals surface area contributed by atoms with Gasteiger partial charge in [-0.2, -0.15) is 0 Å². The van der Waals surface area contributed by atoms with Gasteiger partial charge in [-0.3, -0.25) is 4.79 Å². The lowest BCUT2D eigenvalue weighted by Gasteiger charge is -1.98. The minimum atomic E-state index is -0.265. The van der Waals surface area contributed by atoms with Gasteiger partial charge in [0.05, 0.1) is 18.7 Å². The molecule has 0 spiro atoms.